The zero-order valence-electron chi connectivity index (χ0n) is 12.6. The quantitative estimate of drug-likeness (QED) is 0.837. The van der Waals surface area contributed by atoms with Gasteiger partial charge in [0.15, 0.2) is 0 Å². The molecule has 1 fully saturated rings. The smallest absolute Gasteiger partial charge is 0.306 e. The molecule has 1 amide bonds. The van der Waals surface area contributed by atoms with Crippen molar-refractivity contribution in [2.24, 2.45) is 5.92 Å². The Balaban J connectivity index is 1.78. The maximum Gasteiger partial charge on any atom is 0.306 e. The molecule has 0 bridgehead atoms. The van der Waals surface area contributed by atoms with Gasteiger partial charge in [0.1, 0.15) is 0 Å². The highest BCUT2D eigenvalue weighted by Crippen LogP contribution is 2.18. The van der Waals surface area contributed by atoms with Crippen LogP contribution in [0, 0.1) is 5.92 Å². The van der Waals surface area contributed by atoms with Crippen LogP contribution >= 0.6 is 15.9 Å². The summed E-state index contributed by atoms with van der Waals surface area (Å²) in [4.78, 5) is 25.0. The summed E-state index contributed by atoms with van der Waals surface area (Å²) in [7, 11) is 0. The van der Waals surface area contributed by atoms with E-state index in [4.69, 9.17) is 5.11 Å². The van der Waals surface area contributed by atoms with Crippen LogP contribution in [0.4, 0.5) is 0 Å². The van der Waals surface area contributed by atoms with E-state index in [1.54, 1.807) is 0 Å². The van der Waals surface area contributed by atoms with Crippen LogP contribution in [0.2, 0.25) is 0 Å². The Kier molecular flexibility index (Phi) is 5.97. The van der Waals surface area contributed by atoms with Gasteiger partial charge in [-0.2, -0.15) is 0 Å². The van der Waals surface area contributed by atoms with E-state index in [0.29, 0.717) is 32.5 Å². The minimum absolute atomic E-state index is 0.0239. The number of carbonyl (C=O) groups excluding carboxylic acids is 1. The number of hydrogen-bond acceptors (Lipinski definition) is 3. The molecule has 0 radical (unpaired) electrons. The number of carbonyl (C=O) groups is 2. The third-order valence-corrected chi connectivity index (χ3v) is 4.58. The topological polar surface area (TPSA) is 69.6 Å². The molecule has 1 heterocycles. The van der Waals surface area contributed by atoms with Crippen LogP contribution in [0.15, 0.2) is 28.7 Å². The van der Waals surface area contributed by atoms with E-state index >= 15 is 0 Å². The molecule has 1 aromatic rings. The van der Waals surface area contributed by atoms with Gasteiger partial charge in [-0.1, -0.05) is 28.1 Å². The van der Waals surface area contributed by atoms with Crippen LogP contribution in [0.5, 0.6) is 0 Å². The van der Waals surface area contributed by atoms with Crippen molar-refractivity contribution in [3.63, 3.8) is 0 Å². The number of halogens is 1. The monoisotopic (exact) mass is 368 g/mol. The predicted octanol–water partition coefficient (Wildman–Crippen LogP) is 2.42. The maximum atomic E-state index is 12.1. The molecule has 1 aliphatic rings. The molecule has 1 atom stereocenters. The van der Waals surface area contributed by atoms with Crippen molar-refractivity contribution in [3.8, 4) is 0 Å². The summed E-state index contributed by atoms with van der Waals surface area (Å²) in [5.74, 6) is -1.02. The molecule has 2 N–H and O–H groups in total. The Labute approximate surface area is 138 Å². The zero-order chi connectivity index (χ0) is 16.1. The van der Waals surface area contributed by atoms with E-state index in [9.17, 15) is 9.59 Å². The number of aliphatic carboxylic acids is 1. The molecule has 0 spiro atoms. The number of carboxylic acids is 1. The minimum atomic E-state index is -0.729. The van der Waals surface area contributed by atoms with Crippen LogP contribution in [-0.2, 0) is 9.59 Å². The van der Waals surface area contributed by atoms with Gasteiger partial charge in [0.2, 0.25) is 5.91 Å². The van der Waals surface area contributed by atoms with Crippen molar-refractivity contribution in [1.29, 1.82) is 0 Å². The number of amides is 1. The number of piperidine rings is 1. The molecule has 2 rings (SSSR count). The number of nitrogens with zero attached hydrogens (tertiary/aromatic N) is 1. The number of nitrogens with one attached hydrogen (secondary N) is 1. The summed E-state index contributed by atoms with van der Waals surface area (Å²) in [6.45, 7) is 3.61. The van der Waals surface area contributed by atoms with Crippen LogP contribution in [0.3, 0.4) is 0 Å². The first-order valence-electron chi connectivity index (χ1n) is 7.45. The second-order valence-electron chi connectivity index (χ2n) is 5.73. The van der Waals surface area contributed by atoms with Gasteiger partial charge in [0, 0.05) is 4.47 Å². The fourth-order valence-electron chi connectivity index (χ4n) is 2.66. The lowest BCUT2D eigenvalue weighted by Gasteiger charge is -2.29. The molecule has 1 aliphatic heterocycles. The minimum Gasteiger partial charge on any atom is -0.481 e. The molecule has 0 aromatic heterocycles. The normalized spacial score (nSPS) is 17.9. The zero-order valence-corrected chi connectivity index (χ0v) is 14.2. The highest BCUT2D eigenvalue weighted by Gasteiger charge is 2.25. The summed E-state index contributed by atoms with van der Waals surface area (Å²) in [5.41, 5.74) is 1.06. The molecule has 1 saturated heterocycles. The number of rotatable bonds is 5. The van der Waals surface area contributed by atoms with Crippen LogP contribution in [0.1, 0.15) is 31.4 Å². The standard InChI is InChI=1S/C16H21BrN2O3/c1-11(12-2-4-14(17)5-3-12)18-15(20)10-19-8-6-13(7-9-19)16(21)22/h2-5,11,13H,6-10H2,1H3,(H,18,20)(H,21,22). The van der Waals surface area contributed by atoms with Gasteiger partial charge in [0.05, 0.1) is 18.5 Å². The number of benzene rings is 1. The Bertz CT molecular complexity index is 525. The molecular weight excluding hydrogens is 348 g/mol. The summed E-state index contributed by atoms with van der Waals surface area (Å²) in [5, 5.41) is 12.0. The first kappa shape index (κ1) is 17.0. The molecule has 1 aromatic carbocycles. The van der Waals surface area contributed by atoms with Gasteiger partial charge >= 0.3 is 5.97 Å². The average Bonchev–Trinajstić information content (AvgIpc) is 2.48. The van der Waals surface area contributed by atoms with E-state index in [1.165, 1.54) is 0 Å². The van der Waals surface area contributed by atoms with Crippen LogP contribution < -0.4 is 5.32 Å². The van der Waals surface area contributed by atoms with E-state index in [-0.39, 0.29) is 17.9 Å². The lowest BCUT2D eigenvalue weighted by molar-refractivity contribution is -0.143. The van der Waals surface area contributed by atoms with Crippen molar-refractivity contribution >= 4 is 27.8 Å². The van der Waals surface area contributed by atoms with Gasteiger partial charge in [-0.25, -0.2) is 0 Å². The highest BCUT2D eigenvalue weighted by atomic mass is 79.9. The molecule has 1 unspecified atom stereocenters. The Hall–Kier alpha value is -1.40. The molecule has 0 aliphatic carbocycles. The van der Waals surface area contributed by atoms with Gasteiger partial charge in [0.25, 0.3) is 0 Å². The summed E-state index contributed by atoms with van der Waals surface area (Å²) in [6.07, 6.45) is 1.23. The number of likely N-dealkylation sites (tertiary alicyclic amines) is 1. The maximum absolute atomic E-state index is 12.1. The summed E-state index contributed by atoms with van der Waals surface area (Å²) in [6, 6.07) is 7.82. The number of carboxylic acid groups (broad SMARTS) is 1. The van der Waals surface area contributed by atoms with E-state index in [1.807, 2.05) is 36.1 Å². The molecule has 6 heteroatoms. The second kappa shape index (κ2) is 7.74. The molecule has 120 valence electrons. The van der Waals surface area contributed by atoms with Crippen molar-refractivity contribution in [1.82, 2.24) is 10.2 Å². The Morgan fingerprint density at radius 2 is 1.91 bits per heavy atom. The lowest BCUT2D eigenvalue weighted by Crippen LogP contribution is -2.43. The summed E-state index contributed by atoms with van der Waals surface area (Å²) >= 11 is 3.39. The molecule has 5 nitrogen and oxygen atoms in total. The van der Waals surface area contributed by atoms with Crippen LogP contribution in [0.25, 0.3) is 0 Å². The fraction of sp³-hybridized carbons (Fsp3) is 0.500. The van der Waals surface area contributed by atoms with Gasteiger partial charge < -0.3 is 10.4 Å². The Morgan fingerprint density at radius 3 is 2.45 bits per heavy atom. The van der Waals surface area contributed by atoms with Crippen molar-refractivity contribution in [2.75, 3.05) is 19.6 Å². The SMILES string of the molecule is CC(NC(=O)CN1CCC(C(=O)O)CC1)c1ccc(Br)cc1. The first-order chi connectivity index (χ1) is 10.5. The van der Waals surface area contributed by atoms with Gasteiger partial charge in [-0.15, -0.1) is 0 Å². The molecule has 0 saturated carbocycles. The second-order valence-corrected chi connectivity index (χ2v) is 6.65. The van der Waals surface area contributed by atoms with Crippen molar-refractivity contribution in [3.05, 3.63) is 34.3 Å². The largest absolute Gasteiger partial charge is 0.481 e. The first-order valence-corrected chi connectivity index (χ1v) is 8.25. The molecular formula is C16H21BrN2O3. The summed E-state index contributed by atoms with van der Waals surface area (Å²) < 4.78 is 1.01. The van der Waals surface area contributed by atoms with Crippen LogP contribution in [-0.4, -0.2) is 41.5 Å². The van der Waals surface area contributed by atoms with Crippen molar-refractivity contribution < 1.29 is 14.7 Å². The fourth-order valence-corrected chi connectivity index (χ4v) is 2.93. The third-order valence-electron chi connectivity index (χ3n) is 4.05. The molecule has 22 heavy (non-hydrogen) atoms. The predicted molar refractivity (Wildman–Crippen MR) is 87.5 cm³/mol. The third kappa shape index (κ3) is 4.81. The van der Waals surface area contributed by atoms with Gasteiger partial charge in [-0.3, -0.25) is 14.5 Å². The van der Waals surface area contributed by atoms with E-state index < -0.39 is 5.97 Å². The van der Waals surface area contributed by atoms with Gasteiger partial charge in [-0.05, 0) is 50.6 Å². The average molecular weight is 369 g/mol. The highest BCUT2D eigenvalue weighted by molar-refractivity contribution is 9.10. The Morgan fingerprint density at radius 1 is 1.32 bits per heavy atom. The van der Waals surface area contributed by atoms with E-state index in [0.717, 1.165) is 10.0 Å². The number of hydrogen-bond donors (Lipinski definition) is 2. The van der Waals surface area contributed by atoms with Crippen molar-refractivity contribution in [2.45, 2.75) is 25.8 Å². The van der Waals surface area contributed by atoms with E-state index in [2.05, 4.69) is 21.2 Å². The lowest BCUT2D eigenvalue weighted by atomic mass is 9.97.